The second-order valence-corrected chi connectivity index (χ2v) is 5.79. The first-order chi connectivity index (χ1) is 8.60. The normalized spacial score (nSPS) is 10.8. The van der Waals surface area contributed by atoms with Crippen LogP contribution < -0.4 is 0 Å². The zero-order valence-corrected chi connectivity index (χ0v) is 11.8. The van der Waals surface area contributed by atoms with Crippen molar-refractivity contribution in [3.05, 3.63) is 33.8 Å². The Balaban J connectivity index is 2.04. The lowest BCUT2D eigenvalue weighted by molar-refractivity contribution is 0.0702. The number of hydrogen-bond acceptors (Lipinski definition) is 4. The molecule has 0 bridgehead atoms. The standard InChI is InChI=1S/C12H14N2O2S2/c1-3-14-9(4-8(2)13-14)6-17-10-5-11(12(15)16)18-7-10/h4-5,7H,3,6H2,1-2H3,(H,15,16). The highest BCUT2D eigenvalue weighted by atomic mass is 32.2. The molecule has 0 aliphatic rings. The van der Waals surface area contributed by atoms with Crippen LogP contribution in [0.15, 0.2) is 22.4 Å². The number of thioether (sulfide) groups is 1. The van der Waals surface area contributed by atoms with E-state index in [4.69, 9.17) is 5.11 Å². The summed E-state index contributed by atoms with van der Waals surface area (Å²) in [7, 11) is 0. The molecule has 1 N–H and O–H groups in total. The summed E-state index contributed by atoms with van der Waals surface area (Å²) >= 11 is 2.91. The largest absolute Gasteiger partial charge is 0.477 e. The molecule has 0 aliphatic heterocycles. The van der Waals surface area contributed by atoms with E-state index in [0.717, 1.165) is 22.9 Å². The Kier molecular flexibility index (Phi) is 4.08. The lowest BCUT2D eigenvalue weighted by Gasteiger charge is -2.02. The van der Waals surface area contributed by atoms with Crippen LogP contribution in [0.4, 0.5) is 0 Å². The molecule has 2 aromatic rings. The van der Waals surface area contributed by atoms with Gasteiger partial charge in [0, 0.05) is 28.3 Å². The van der Waals surface area contributed by atoms with E-state index in [2.05, 4.69) is 18.1 Å². The minimum absolute atomic E-state index is 0.387. The molecule has 4 nitrogen and oxygen atoms in total. The average Bonchev–Trinajstić information content (AvgIpc) is 2.92. The van der Waals surface area contributed by atoms with Crippen molar-refractivity contribution in [3.63, 3.8) is 0 Å². The third kappa shape index (κ3) is 2.94. The van der Waals surface area contributed by atoms with Crippen LogP contribution in [0.3, 0.4) is 0 Å². The fraction of sp³-hybridized carbons (Fsp3) is 0.333. The fourth-order valence-corrected chi connectivity index (χ4v) is 3.50. The zero-order chi connectivity index (χ0) is 13.1. The highest BCUT2D eigenvalue weighted by Gasteiger charge is 2.09. The van der Waals surface area contributed by atoms with Gasteiger partial charge in [-0.15, -0.1) is 23.1 Å². The molecule has 0 aliphatic carbocycles. The number of aromatic nitrogens is 2. The molecule has 0 unspecified atom stereocenters. The first-order valence-electron chi connectivity index (χ1n) is 5.58. The van der Waals surface area contributed by atoms with Gasteiger partial charge in [0.05, 0.1) is 5.69 Å². The number of carboxylic acids is 1. The summed E-state index contributed by atoms with van der Waals surface area (Å²) in [4.78, 5) is 12.2. The first kappa shape index (κ1) is 13.2. The molecule has 2 aromatic heterocycles. The minimum Gasteiger partial charge on any atom is -0.477 e. The summed E-state index contributed by atoms with van der Waals surface area (Å²) in [6.45, 7) is 4.90. The summed E-state index contributed by atoms with van der Waals surface area (Å²) in [6, 6.07) is 3.79. The van der Waals surface area contributed by atoms with Crippen LogP contribution in [0.25, 0.3) is 0 Å². The van der Waals surface area contributed by atoms with Crippen molar-refractivity contribution >= 4 is 29.1 Å². The number of rotatable bonds is 5. The van der Waals surface area contributed by atoms with Gasteiger partial charge in [-0.1, -0.05) is 0 Å². The maximum Gasteiger partial charge on any atom is 0.345 e. The Morgan fingerprint density at radius 3 is 2.94 bits per heavy atom. The Morgan fingerprint density at radius 1 is 1.56 bits per heavy atom. The lowest BCUT2D eigenvalue weighted by atomic mass is 10.4. The third-order valence-electron chi connectivity index (χ3n) is 2.46. The van der Waals surface area contributed by atoms with E-state index in [9.17, 15) is 4.79 Å². The van der Waals surface area contributed by atoms with Crippen LogP contribution in [0, 0.1) is 6.92 Å². The van der Waals surface area contributed by atoms with Crippen molar-refractivity contribution in [2.75, 3.05) is 0 Å². The van der Waals surface area contributed by atoms with Crippen LogP contribution in [0.1, 0.15) is 28.0 Å². The molecule has 18 heavy (non-hydrogen) atoms. The Hall–Kier alpha value is -1.27. The molecule has 0 atom stereocenters. The molecule has 6 heteroatoms. The van der Waals surface area contributed by atoms with Gasteiger partial charge in [-0.3, -0.25) is 4.68 Å². The maximum absolute atomic E-state index is 10.8. The van der Waals surface area contributed by atoms with Gasteiger partial charge in [0.2, 0.25) is 0 Å². The molecule has 0 fully saturated rings. The number of carboxylic acid groups (broad SMARTS) is 1. The van der Waals surface area contributed by atoms with Crippen molar-refractivity contribution < 1.29 is 9.90 Å². The second-order valence-electron chi connectivity index (χ2n) is 3.83. The predicted octanol–water partition coefficient (Wildman–Crippen LogP) is 3.26. The van der Waals surface area contributed by atoms with Gasteiger partial charge in [-0.05, 0) is 26.0 Å². The van der Waals surface area contributed by atoms with Gasteiger partial charge in [0.15, 0.2) is 0 Å². The molecule has 0 amide bonds. The fourth-order valence-electron chi connectivity index (χ4n) is 1.65. The molecule has 2 rings (SSSR count). The van der Waals surface area contributed by atoms with Gasteiger partial charge in [0.1, 0.15) is 4.88 Å². The number of nitrogens with zero attached hydrogens (tertiary/aromatic N) is 2. The van der Waals surface area contributed by atoms with E-state index in [1.54, 1.807) is 17.8 Å². The number of carbonyl (C=O) groups is 1. The second kappa shape index (κ2) is 5.58. The predicted molar refractivity (Wildman–Crippen MR) is 73.5 cm³/mol. The van der Waals surface area contributed by atoms with E-state index >= 15 is 0 Å². The van der Waals surface area contributed by atoms with Crippen molar-refractivity contribution in [2.45, 2.75) is 31.0 Å². The highest BCUT2D eigenvalue weighted by molar-refractivity contribution is 7.98. The monoisotopic (exact) mass is 282 g/mol. The number of thiophene rings is 1. The topological polar surface area (TPSA) is 55.1 Å². The highest BCUT2D eigenvalue weighted by Crippen LogP contribution is 2.27. The van der Waals surface area contributed by atoms with Crippen LogP contribution in [0.2, 0.25) is 0 Å². The Bertz CT molecular complexity index is 560. The van der Waals surface area contributed by atoms with Crippen molar-refractivity contribution in [1.29, 1.82) is 0 Å². The van der Waals surface area contributed by atoms with Crippen LogP contribution in [-0.2, 0) is 12.3 Å². The average molecular weight is 282 g/mol. The molecule has 0 saturated carbocycles. The quantitative estimate of drug-likeness (QED) is 0.855. The van der Waals surface area contributed by atoms with Crippen molar-refractivity contribution in [1.82, 2.24) is 9.78 Å². The van der Waals surface area contributed by atoms with E-state index in [1.807, 2.05) is 17.0 Å². The molecule has 0 saturated heterocycles. The smallest absolute Gasteiger partial charge is 0.345 e. The molecule has 2 heterocycles. The summed E-state index contributed by atoms with van der Waals surface area (Å²) < 4.78 is 1.98. The van der Waals surface area contributed by atoms with Crippen LogP contribution in [0.5, 0.6) is 0 Å². The SMILES string of the molecule is CCn1nc(C)cc1CSc1csc(C(=O)O)c1. The molecule has 96 valence electrons. The molecule has 0 spiro atoms. The van der Waals surface area contributed by atoms with Gasteiger partial charge >= 0.3 is 5.97 Å². The van der Waals surface area contributed by atoms with Crippen molar-refractivity contribution in [2.24, 2.45) is 0 Å². The number of aromatic carboxylic acids is 1. The minimum atomic E-state index is -0.860. The van der Waals surface area contributed by atoms with E-state index in [0.29, 0.717) is 4.88 Å². The van der Waals surface area contributed by atoms with E-state index in [1.165, 1.54) is 17.0 Å². The molecule has 0 aromatic carbocycles. The lowest BCUT2D eigenvalue weighted by Crippen LogP contribution is -2.01. The molecular formula is C12H14N2O2S2. The Morgan fingerprint density at radius 2 is 2.33 bits per heavy atom. The van der Waals surface area contributed by atoms with Gasteiger partial charge in [-0.2, -0.15) is 5.10 Å². The summed E-state index contributed by atoms with van der Waals surface area (Å²) in [5.41, 5.74) is 2.19. The molecular weight excluding hydrogens is 268 g/mol. The summed E-state index contributed by atoms with van der Waals surface area (Å²) in [5.74, 6) is -0.0499. The maximum atomic E-state index is 10.8. The number of aryl methyl sites for hydroxylation is 2. The summed E-state index contributed by atoms with van der Waals surface area (Å²) in [6.07, 6.45) is 0. The Labute approximate surface area is 114 Å². The van der Waals surface area contributed by atoms with E-state index in [-0.39, 0.29) is 0 Å². The van der Waals surface area contributed by atoms with E-state index < -0.39 is 5.97 Å². The van der Waals surface area contributed by atoms with Gasteiger partial charge in [0.25, 0.3) is 0 Å². The zero-order valence-electron chi connectivity index (χ0n) is 10.2. The van der Waals surface area contributed by atoms with Gasteiger partial charge < -0.3 is 5.11 Å². The van der Waals surface area contributed by atoms with Crippen LogP contribution >= 0.6 is 23.1 Å². The molecule has 0 radical (unpaired) electrons. The summed E-state index contributed by atoms with van der Waals surface area (Å²) in [5, 5.41) is 15.1. The van der Waals surface area contributed by atoms with Gasteiger partial charge in [-0.25, -0.2) is 4.79 Å². The number of hydrogen-bond donors (Lipinski definition) is 1. The van der Waals surface area contributed by atoms with Crippen molar-refractivity contribution in [3.8, 4) is 0 Å². The third-order valence-corrected chi connectivity index (χ3v) is 4.53. The first-order valence-corrected chi connectivity index (χ1v) is 7.44. The van der Waals surface area contributed by atoms with Crippen LogP contribution in [-0.4, -0.2) is 20.9 Å².